The van der Waals surface area contributed by atoms with Crippen molar-refractivity contribution in [1.29, 1.82) is 0 Å². The lowest BCUT2D eigenvalue weighted by Crippen LogP contribution is -2.26. The number of phenolic OH excluding ortho intramolecular Hbond substituents is 1. The number of carbonyl (C=O) groups excluding carboxylic acids is 2. The molecule has 0 unspecified atom stereocenters. The van der Waals surface area contributed by atoms with Crippen molar-refractivity contribution in [2.75, 3.05) is 0 Å². The van der Waals surface area contributed by atoms with Crippen molar-refractivity contribution in [3.8, 4) is 11.4 Å². The fourth-order valence-electron chi connectivity index (χ4n) is 2.82. The van der Waals surface area contributed by atoms with Gasteiger partial charge in [-0.3, -0.25) is 19.0 Å². The summed E-state index contributed by atoms with van der Waals surface area (Å²) in [5.41, 5.74) is 0.302. The monoisotopic (exact) mass is 365 g/mol. The van der Waals surface area contributed by atoms with Gasteiger partial charge in [-0.25, -0.2) is 4.39 Å². The molecule has 5 nitrogen and oxygen atoms in total. The molecule has 27 heavy (non-hydrogen) atoms. The fraction of sp³-hybridized carbons (Fsp3) is 0.0952. The van der Waals surface area contributed by atoms with Gasteiger partial charge in [0.1, 0.15) is 11.6 Å². The highest BCUT2D eigenvalue weighted by Crippen LogP contribution is 2.22. The number of phenols is 1. The molecule has 0 aliphatic carbocycles. The zero-order valence-electron chi connectivity index (χ0n) is 14.7. The van der Waals surface area contributed by atoms with Crippen molar-refractivity contribution in [3.05, 3.63) is 93.2 Å². The second-order valence-corrected chi connectivity index (χ2v) is 6.15. The molecule has 136 valence electrons. The molecule has 0 radical (unpaired) electrons. The molecule has 0 aliphatic rings. The SMILES string of the molecule is CC(=O)c1cc(C(=O)c2cc(F)ccc2O)cn(-c2ccccc2C)c1=O. The topological polar surface area (TPSA) is 76.4 Å². The molecule has 0 saturated carbocycles. The Labute approximate surface area is 154 Å². The van der Waals surface area contributed by atoms with Gasteiger partial charge < -0.3 is 5.11 Å². The number of ketones is 2. The molecule has 0 atom stereocenters. The van der Waals surface area contributed by atoms with Crippen LogP contribution in [0.5, 0.6) is 5.75 Å². The molecule has 3 aromatic rings. The quantitative estimate of drug-likeness (QED) is 0.719. The van der Waals surface area contributed by atoms with Gasteiger partial charge in [-0.2, -0.15) is 0 Å². The lowest BCUT2D eigenvalue weighted by molar-refractivity contribution is 0.101. The number of hydrogen-bond acceptors (Lipinski definition) is 4. The second-order valence-electron chi connectivity index (χ2n) is 6.15. The van der Waals surface area contributed by atoms with Crippen LogP contribution in [0.15, 0.2) is 59.5 Å². The first-order chi connectivity index (χ1) is 12.8. The predicted octanol–water partition coefficient (Wildman–Crippen LogP) is 3.42. The summed E-state index contributed by atoms with van der Waals surface area (Å²) < 4.78 is 14.7. The molecule has 0 fully saturated rings. The van der Waals surface area contributed by atoms with E-state index in [2.05, 4.69) is 0 Å². The predicted molar refractivity (Wildman–Crippen MR) is 98.3 cm³/mol. The summed E-state index contributed by atoms with van der Waals surface area (Å²) in [6.07, 6.45) is 1.30. The zero-order valence-corrected chi connectivity index (χ0v) is 14.7. The number of nitrogens with zero attached hydrogens (tertiary/aromatic N) is 1. The van der Waals surface area contributed by atoms with Crippen LogP contribution < -0.4 is 5.56 Å². The number of Topliss-reactive ketones (excluding diaryl/α,β-unsaturated/α-hetero) is 1. The summed E-state index contributed by atoms with van der Waals surface area (Å²) in [5.74, 6) is -2.27. The molecular weight excluding hydrogens is 349 g/mol. The molecule has 3 rings (SSSR count). The standard InChI is InChI=1S/C21H16FNO4/c1-12-5-3-4-6-18(12)23-11-14(9-16(13(2)24)21(23)27)20(26)17-10-15(22)7-8-19(17)25/h3-11,25H,1-2H3. The average Bonchev–Trinajstić information content (AvgIpc) is 2.64. The van der Waals surface area contributed by atoms with Gasteiger partial charge in [0, 0.05) is 11.8 Å². The highest BCUT2D eigenvalue weighted by atomic mass is 19.1. The number of aromatic nitrogens is 1. The molecule has 1 N–H and O–H groups in total. The number of carbonyl (C=O) groups is 2. The average molecular weight is 365 g/mol. The maximum absolute atomic E-state index is 13.5. The van der Waals surface area contributed by atoms with Crippen LogP contribution in [0.4, 0.5) is 4.39 Å². The van der Waals surface area contributed by atoms with Crippen LogP contribution >= 0.6 is 0 Å². The van der Waals surface area contributed by atoms with E-state index in [-0.39, 0.29) is 22.4 Å². The van der Waals surface area contributed by atoms with E-state index in [4.69, 9.17) is 0 Å². The first-order valence-electron chi connectivity index (χ1n) is 8.16. The summed E-state index contributed by atoms with van der Waals surface area (Å²) in [4.78, 5) is 37.5. The fourth-order valence-corrected chi connectivity index (χ4v) is 2.82. The smallest absolute Gasteiger partial charge is 0.265 e. The number of halogens is 1. The van der Waals surface area contributed by atoms with E-state index in [1.165, 1.54) is 23.8 Å². The van der Waals surface area contributed by atoms with Crippen LogP contribution in [-0.4, -0.2) is 21.2 Å². The first-order valence-corrected chi connectivity index (χ1v) is 8.16. The third kappa shape index (κ3) is 3.42. The Balaban J connectivity index is 2.27. The van der Waals surface area contributed by atoms with Gasteiger partial charge in [0.15, 0.2) is 11.6 Å². The Hall–Kier alpha value is -3.54. The van der Waals surface area contributed by atoms with Crippen molar-refractivity contribution < 1.29 is 19.1 Å². The maximum atomic E-state index is 13.5. The Bertz CT molecular complexity index is 1130. The van der Waals surface area contributed by atoms with Crippen LogP contribution in [0.2, 0.25) is 0 Å². The Kier molecular flexibility index (Phi) is 4.73. The molecule has 6 heteroatoms. The number of para-hydroxylation sites is 1. The number of hydrogen-bond donors (Lipinski definition) is 1. The van der Waals surface area contributed by atoms with Crippen molar-refractivity contribution in [2.24, 2.45) is 0 Å². The van der Waals surface area contributed by atoms with Crippen molar-refractivity contribution in [3.63, 3.8) is 0 Å². The minimum atomic E-state index is -0.697. The summed E-state index contributed by atoms with van der Waals surface area (Å²) in [5, 5.41) is 9.91. The molecule has 0 bridgehead atoms. The lowest BCUT2D eigenvalue weighted by Gasteiger charge is -2.13. The third-order valence-corrected chi connectivity index (χ3v) is 4.24. The van der Waals surface area contributed by atoms with Crippen molar-refractivity contribution in [1.82, 2.24) is 4.57 Å². The van der Waals surface area contributed by atoms with Gasteiger partial charge in [-0.15, -0.1) is 0 Å². The van der Waals surface area contributed by atoms with Crippen LogP contribution in [0, 0.1) is 12.7 Å². The highest BCUT2D eigenvalue weighted by molar-refractivity contribution is 6.11. The van der Waals surface area contributed by atoms with Crippen LogP contribution in [0.3, 0.4) is 0 Å². The molecule has 0 spiro atoms. The molecular formula is C21H16FNO4. The minimum Gasteiger partial charge on any atom is -0.507 e. The number of rotatable bonds is 4. The molecule has 1 aromatic heterocycles. The number of pyridine rings is 1. The van der Waals surface area contributed by atoms with E-state index in [0.717, 1.165) is 23.8 Å². The van der Waals surface area contributed by atoms with E-state index in [9.17, 15) is 23.9 Å². The summed E-state index contributed by atoms with van der Waals surface area (Å²) in [6.45, 7) is 3.02. The van der Waals surface area contributed by atoms with Gasteiger partial charge in [0.05, 0.1) is 16.8 Å². The van der Waals surface area contributed by atoms with E-state index < -0.39 is 22.9 Å². The van der Waals surface area contributed by atoms with Crippen LogP contribution in [0.1, 0.15) is 38.8 Å². The molecule has 0 saturated heterocycles. The molecule has 0 amide bonds. The van der Waals surface area contributed by atoms with Crippen molar-refractivity contribution >= 4 is 11.6 Å². The van der Waals surface area contributed by atoms with Crippen LogP contribution in [-0.2, 0) is 0 Å². The first kappa shape index (κ1) is 18.3. The van der Waals surface area contributed by atoms with Gasteiger partial charge in [-0.05, 0) is 49.7 Å². The second kappa shape index (κ2) is 6.99. The van der Waals surface area contributed by atoms with E-state index >= 15 is 0 Å². The molecule has 2 aromatic carbocycles. The highest BCUT2D eigenvalue weighted by Gasteiger charge is 2.20. The van der Waals surface area contributed by atoms with E-state index in [0.29, 0.717) is 5.69 Å². The summed E-state index contributed by atoms with van der Waals surface area (Å²) >= 11 is 0. The molecule has 0 aliphatic heterocycles. The van der Waals surface area contributed by atoms with Gasteiger partial charge >= 0.3 is 0 Å². The van der Waals surface area contributed by atoms with Gasteiger partial charge in [0.25, 0.3) is 5.56 Å². The summed E-state index contributed by atoms with van der Waals surface area (Å²) in [6, 6.07) is 11.2. The molecule has 1 heterocycles. The largest absolute Gasteiger partial charge is 0.507 e. The van der Waals surface area contributed by atoms with Crippen LogP contribution in [0.25, 0.3) is 5.69 Å². The lowest BCUT2D eigenvalue weighted by atomic mass is 10.0. The minimum absolute atomic E-state index is 0.0102. The van der Waals surface area contributed by atoms with Gasteiger partial charge in [0.2, 0.25) is 0 Å². The van der Waals surface area contributed by atoms with E-state index in [1.807, 2.05) is 0 Å². The Morgan fingerprint density at radius 2 is 1.74 bits per heavy atom. The number of aromatic hydroxyl groups is 1. The maximum Gasteiger partial charge on any atom is 0.265 e. The van der Waals surface area contributed by atoms with Gasteiger partial charge in [-0.1, -0.05) is 18.2 Å². The summed E-state index contributed by atoms with van der Waals surface area (Å²) in [7, 11) is 0. The number of aryl methyl sites for hydroxylation is 1. The number of benzene rings is 2. The zero-order chi connectivity index (χ0) is 19.7. The Morgan fingerprint density at radius 3 is 2.41 bits per heavy atom. The third-order valence-electron chi connectivity index (χ3n) is 4.24. The van der Waals surface area contributed by atoms with E-state index in [1.54, 1.807) is 31.2 Å². The Morgan fingerprint density at radius 1 is 1.04 bits per heavy atom. The van der Waals surface area contributed by atoms with Crippen molar-refractivity contribution in [2.45, 2.75) is 13.8 Å². The normalized spacial score (nSPS) is 10.6.